The van der Waals surface area contributed by atoms with Crippen LogP contribution >= 0.6 is 0 Å². The van der Waals surface area contributed by atoms with E-state index < -0.39 is 5.97 Å². The molecule has 7 heteroatoms. The van der Waals surface area contributed by atoms with Gasteiger partial charge in [0.05, 0.1) is 17.1 Å². The largest absolute Gasteiger partial charge is 0.478 e. The summed E-state index contributed by atoms with van der Waals surface area (Å²) in [7, 11) is 0. The zero-order valence-corrected chi connectivity index (χ0v) is 33.1. The Bertz CT molecular complexity index is 1730. The number of nitrogens with one attached hydrogen (secondary N) is 2. The number of benzene rings is 1. The summed E-state index contributed by atoms with van der Waals surface area (Å²) in [5.74, 6) is 2.12. The Hall–Kier alpha value is -3.19. The first kappa shape index (κ1) is 38.1. The Labute approximate surface area is 317 Å². The summed E-state index contributed by atoms with van der Waals surface area (Å²) >= 11 is 0. The van der Waals surface area contributed by atoms with Crippen molar-refractivity contribution in [3.05, 3.63) is 70.8 Å². The highest BCUT2D eigenvalue weighted by atomic mass is 16.4. The normalized spacial score (nSPS) is 39.7. The minimum Gasteiger partial charge on any atom is -0.478 e. The average molecular weight is 725 g/mol. The van der Waals surface area contributed by atoms with Crippen LogP contribution in [-0.2, 0) is 16.1 Å². The smallest absolute Gasteiger partial charge is 0.335 e. The molecule has 2 amide bonds. The van der Waals surface area contributed by atoms with E-state index in [1.807, 2.05) is 18.2 Å². The molecule has 288 valence electrons. The Kier molecular flexibility index (Phi) is 9.94. The number of carboxylic acids is 1. The molecule has 6 aliphatic carbocycles. The van der Waals surface area contributed by atoms with Crippen LogP contribution in [0.25, 0.3) is 0 Å². The lowest BCUT2D eigenvalue weighted by atomic mass is 9.36. The molecule has 5 fully saturated rings. The highest BCUT2D eigenvalue weighted by molar-refractivity contribution is 5.94. The number of carbonyl (C=O) groups excluding carboxylic acids is 2. The van der Waals surface area contributed by atoms with Gasteiger partial charge in [-0.25, -0.2) is 4.79 Å². The molecule has 4 N–H and O–H groups in total. The topological polar surface area (TPSA) is 116 Å². The molecular formula is C46H64N2O5. The summed E-state index contributed by atoms with van der Waals surface area (Å²) in [6.45, 7) is 19.1. The molecule has 53 heavy (non-hydrogen) atoms. The van der Waals surface area contributed by atoms with Gasteiger partial charge < -0.3 is 20.8 Å². The SMILES string of the molecule is C=C(C)C1CCC2(C(=O)NCC3C=CC=C(C(=O)NCc4cccc(C(=O)O)c4C)C3)CCC3C(CCC4C3(C)CCC3C(C)(C)C(O)CCC34C)C12. The number of aliphatic hydroxyl groups excluding tert-OH is 1. The van der Waals surface area contributed by atoms with Gasteiger partial charge in [0.15, 0.2) is 0 Å². The first-order chi connectivity index (χ1) is 25.0. The van der Waals surface area contributed by atoms with Crippen LogP contribution in [0.1, 0.15) is 127 Å². The standard InChI is InChI=1S/C46H64N2O5/c1-27(2)32-16-22-46(42(53)48-25-29-10-8-11-30(24-29)40(50)47-26-31-12-9-13-33(28(31)3)41(51)52)23-17-35-34(39(32)46)14-15-37-44(35,6)20-18-36-43(4,5)38(49)19-21-45(36,37)7/h8-13,29,32,34-39,49H,1,14-26H2,2-7H3,(H,47,50)(H,48,53)(H,51,52). The van der Waals surface area contributed by atoms with Gasteiger partial charge in [0, 0.05) is 18.7 Å². The number of hydrogen-bond donors (Lipinski definition) is 4. The number of rotatable bonds is 8. The molecule has 7 nitrogen and oxygen atoms in total. The third-order valence-corrected chi connectivity index (χ3v) is 16.7. The van der Waals surface area contributed by atoms with E-state index in [-0.39, 0.29) is 57.6 Å². The second-order valence-electron chi connectivity index (χ2n) is 19.4. The van der Waals surface area contributed by atoms with E-state index in [0.717, 1.165) is 44.1 Å². The fraction of sp³-hybridized carbons (Fsp3) is 0.674. The highest BCUT2D eigenvalue weighted by Gasteiger charge is 2.68. The summed E-state index contributed by atoms with van der Waals surface area (Å²) in [4.78, 5) is 39.5. The zero-order chi connectivity index (χ0) is 38.1. The van der Waals surface area contributed by atoms with Gasteiger partial charge in [-0.1, -0.05) is 70.2 Å². The molecule has 5 saturated carbocycles. The summed E-state index contributed by atoms with van der Waals surface area (Å²) in [6.07, 6.45) is 17.1. The molecule has 0 aromatic heterocycles. The molecule has 11 atom stereocenters. The molecule has 1 aromatic rings. The van der Waals surface area contributed by atoms with Gasteiger partial charge in [-0.2, -0.15) is 0 Å². The van der Waals surface area contributed by atoms with Crippen molar-refractivity contribution in [3.8, 4) is 0 Å². The van der Waals surface area contributed by atoms with Crippen molar-refractivity contribution in [1.82, 2.24) is 10.6 Å². The summed E-state index contributed by atoms with van der Waals surface area (Å²) < 4.78 is 0. The number of allylic oxidation sites excluding steroid dienone is 3. The molecule has 7 rings (SSSR count). The van der Waals surface area contributed by atoms with E-state index in [4.69, 9.17) is 0 Å². The predicted molar refractivity (Wildman–Crippen MR) is 209 cm³/mol. The number of amides is 2. The van der Waals surface area contributed by atoms with Gasteiger partial charge in [0.25, 0.3) is 0 Å². The third kappa shape index (κ3) is 6.16. The van der Waals surface area contributed by atoms with Crippen LogP contribution in [0.4, 0.5) is 0 Å². The summed E-state index contributed by atoms with van der Waals surface area (Å²) in [5.41, 5.74) is 3.66. The molecule has 0 spiro atoms. The van der Waals surface area contributed by atoms with Gasteiger partial charge in [0.1, 0.15) is 0 Å². The molecule has 0 radical (unpaired) electrons. The molecule has 0 heterocycles. The van der Waals surface area contributed by atoms with Crippen molar-refractivity contribution in [1.29, 1.82) is 0 Å². The Balaban J connectivity index is 1.03. The molecular weight excluding hydrogens is 661 g/mol. The second kappa shape index (κ2) is 13.8. The van der Waals surface area contributed by atoms with Gasteiger partial charge in [-0.05, 0) is 159 Å². The molecule has 1 aromatic carbocycles. The van der Waals surface area contributed by atoms with Crippen molar-refractivity contribution in [2.75, 3.05) is 6.54 Å². The van der Waals surface area contributed by atoms with Crippen molar-refractivity contribution < 1.29 is 24.6 Å². The molecule has 0 bridgehead atoms. The van der Waals surface area contributed by atoms with Gasteiger partial charge in [-0.15, -0.1) is 0 Å². The van der Waals surface area contributed by atoms with Crippen LogP contribution in [0, 0.1) is 70.0 Å². The first-order valence-corrected chi connectivity index (χ1v) is 20.6. The maximum absolute atomic E-state index is 14.6. The Morgan fingerprint density at radius 2 is 1.64 bits per heavy atom. The van der Waals surface area contributed by atoms with Crippen molar-refractivity contribution >= 4 is 17.8 Å². The van der Waals surface area contributed by atoms with Crippen LogP contribution in [0.15, 0.2) is 54.2 Å². The highest BCUT2D eigenvalue weighted by Crippen LogP contribution is 2.73. The van der Waals surface area contributed by atoms with Crippen LogP contribution in [-0.4, -0.2) is 40.6 Å². The van der Waals surface area contributed by atoms with E-state index in [9.17, 15) is 24.6 Å². The number of aliphatic hydroxyl groups is 1. The number of carboxylic acid groups (broad SMARTS) is 1. The predicted octanol–water partition coefficient (Wildman–Crippen LogP) is 8.56. The number of aromatic carboxylic acids is 1. The third-order valence-electron chi connectivity index (χ3n) is 16.7. The van der Waals surface area contributed by atoms with Crippen LogP contribution in [0.5, 0.6) is 0 Å². The van der Waals surface area contributed by atoms with Crippen molar-refractivity contribution in [2.45, 2.75) is 125 Å². The number of carbonyl (C=O) groups is 3. The molecule has 0 aliphatic heterocycles. The van der Waals surface area contributed by atoms with Gasteiger partial charge >= 0.3 is 5.97 Å². The molecule has 11 unspecified atom stereocenters. The monoisotopic (exact) mass is 724 g/mol. The van der Waals surface area contributed by atoms with Crippen molar-refractivity contribution in [2.24, 2.45) is 63.1 Å². The quantitative estimate of drug-likeness (QED) is 0.201. The van der Waals surface area contributed by atoms with Crippen molar-refractivity contribution in [3.63, 3.8) is 0 Å². The first-order valence-electron chi connectivity index (χ1n) is 20.6. The maximum atomic E-state index is 14.6. The summed E-state index contributed by atoms with van der Waals surface area (Å²) in [5, 5.41) is 27.0. The maximum Gasteiger partial charge on any atom is 0.335 e. The van der Waals surface area contributed by atoms with E-state index in [0.29, 0.717) is 59.6 Å². The minimum atomic E-state index is -0.976. The van der Waals surface area contributed by atoms with E-state index in [1.54, 1.807) is 19.1 Å². The van der Waals surface area contributed by atoms with Crippen LogP contribution in [0.2, 0.25) is 0 Å². The number of hydrogen-bond acceptors (Lipinski definition) is 4. The summed E-state index contributed by atoms with van der Waals surface area (Å²) in [6, 6.07) is 5.13. The van der Waals surface area contributed by atoms with E-state index in [2.05, 4.69) is 57.9 Å². The second-order valence-corrected chi connectivity index (χ2v) is 19.4. The number of fused-ring (bicyclic) bond motifs is 7. The van der Waals surface area contributed by atoms with Crippen LogP contribution < -0.4 is 10.6 Å². The van der Waals surface area contributed by atoms with E-state index >= 15 is 0 Å². The average Bonchev–Trinajstić information content (AvgIpc) is 3.53. The Morgan fingerprint density at radius 1 is 0.906 bits per heavy atom. The molecule has 6 aliphatic rings. The zero-order valence-electron chi connectivity index (χ0n) is 33.1. The minimum absolute atomic E-state index is 0.0230. The van der Waals surface area contributed by atoms with Crippen LogP contribution in [0.3, 0.4) is 0 Å². The fourth-order valence-electron chi connectivity index (χ4n) is 14.0. The Morgan fingerprint density at radius 3 is 2.38 bits per heavy atom. The lowest BCUT2D eigenvalue weighted by molar-refractivity contribution is -0.216. The lowest BCUT2D eigenvalue weighted by Crippen LogP contribution is -2.64. The van der Waals surface area contributed by atoms with E-state index in [1.165, 1.54) is 31.3 Å². The fourth-order valence-corrected chi connectivity index (χ4v) is 14.0. The lowest BCUT2D eigenvalue weighted by Gasteiger charge is -2.69. The molecule has 0 saturated heterocycles. The van der Waals surface area contributed by atoms with Gasteiger partial charge in [0.2, 0.25) is 11.8 Å². The van der Waals surface area contributed by atoms with Gasteiger partial charge in [-0.3, -0.25) is 9.59 Å².